The second-order valence-corrected chi connectivity index (χ2v) is 8.26. The van der Waals surface area contributed by atoms with E-state index >= 15 is 0 Å². The molecule has 0 fully saturated rings. The number of carbonyl (C=O) groups is 1. The van der Waals surface area contributed by atoms with E-state index in [1.165, 1.54) is 12.3 Å². The first kappa shape index (κ1) is 22.0. The van der Waals surface area contributed by atoms with Gasteiger partial charge in [-0.25, -0.2) is 8.78 Å². The highest BCUT2D eigenvalue weighted by atomic mass is 32.1. The summed E-state index contributed by atoms with van der Waals surface area (Å²) in [6, 6.07) is 11.4. The molecule has 2 aromatic carbocycles. The number of nitriles is 1. The Hall–Kier alpha value is -4.16. The monoisotopic (exact) mass is 462 g/mol. The van der Waals surface area contributed by atoms with E-state index in [-0.39, 0.29) is 20.5 Å². The van der Waals surface area contributed by atoms with Gasteiger partial charge in [0, 0.05) is 30.4 Å². The van der Waals surface area contributed by atoms with Gasteiger partial charge >= 0.3 is 0 Å². The predicted molar refractivity (Wildman–Crippen MR) is 120 cm³/mol. The minimum atomic E-state index is -0.996. The number of carbonyl (C=O) groups excluding carboxylic acids is 1. The first-order valence-electron chi connectivity index (χ1n) is 9.72. The number of hydrogen-bond donors (Lipinski definition) is 0. The van der Waals surface area contributed by atoms with Crippen molar-refractivity contribution in [2.45, 2.75) is 6.92 Å². The first-order chi connectivity index (χ1) is 15.8. The maximum atomic E-state index is 14.7. The van der Waals surface area contributed by atoms with E-state index < -0.39 is 23.0 Å². The number of thiazole rings is 1. The minimum Gasteiger partial charge on any atom is -0.288 e. The van der Waals surface area contributed by atoms with Gasteiger partial charge in [-0.3, -0.25) is 18.8 Å². The van der Waals surface area contributed by atoms with Crippen molar-refractivity contribution in [3.63, 3.8) is 0 Å². The van der Waals surface area contributed by atoms with Gasteiger partial charge in [0.05, 0.1) is 16.4 Å². The van der Waals surface area contributed by atoms with Crippen LogP contribution in [-0.2, 0) is 7.05 Å². The molecule has 0 aliphatic rings. The number of ketones is 1. The highest BCUT2D eigenvalue weighted by Crippen LogP contribution is 2.15. The number of hydrogen-bond acceptors (Lipinski definition) is 5. The number of Topliss-reactive ketones (excluding diaryl/α,β-unsaturated/α-hetero) is 1. The molecule has 2 aromatic heterocycles. The van der Waals surface area contributed by atoms with Crippen LogP contribution in [0.25, 0.3) is 17.3 Å². The lowest BCUT2D eigenvalue weighted by Gasteiger charge is -2.06. The fourth-order valence-electron chi connectivity index (χ4n) is 3.36. The Bertz CT molecular complexity index is 1620. The summed E-state index contributed by atoms with van der Waals surface area (Å²) >= 11 is 0.877. The molecule has 0 unspecified atom stereocenters. The molecule has 6 nitrogen and oxygen atoms in total. The molecule has 0 spiro atoms. The Morgan fingerprint density at radius 2 is 1.97 bits per heavy atom. The zero-order valence-electron chi connectivity index (χ0n) is 17.5. The number of rotatable bonds is 4. The van der Waals surface area contributed by atoms with Crippen molar-refractivity contribution in [3.05, 3.63) is 103 Å². The molecule has 4 aromatic rings. The van der Waals surface area contributed by atoms with Gasteiger partial charge in [0.15, 0.2) is 0 Å². The lowest BCUT2D eigenvalue weighted by molar-refractivity contribution is 0.105. The summed E-state index contributed by atoms with van der Waals surface area (Å²) in [5.74, 6) is -2.41. The second kappa shape index (κ2) is 8.76. The Kier molecular flexibility index (Phi) is 5.85. The van der Waals surface area contributed by atoms with Gasteiger partial charge in [0.1, 0.15) is 27.9 Å². The molecular weight excluding hydrogens is 446 g/mol. The Morgan fingerprint density at radius 1 is 1.21 bits per heavy atom. The molecule has 0 bridgehead atoms. The van der Waals surface area contributed by atoms with E-state index in [0.29, 0.717) is 22.8 Å². The number of benzene rings is 2. The third kappa shape index (κ3) is 4.16. The molecule has 0 N–H and O–H groups in total. The van der Waals surface area contributed by atoms with Crippen LogP contribution in [-0.4, -0.2) is 20.1 Å². The normalized spacial score (nSPS) is 12.5. The topological polar surface area (TPSA) is 80.7 Å². The van der Waals surface area contributed by atoms with Crippen molar-refractivity contribution in [1.29, 1.82) is 5.26 Å². The molecule has 9 heteroatoms. The van der Waals surface area contributed by atoms with Crippen LogP contribution >= 0.6 is 11.3 Å². The zero-order chi connectivity index (χ0) is 23.7. The first-order valence-corrected chi connectivity index (χ1v) is 10.5. The van der Waals surface area contributed by atoms with E-state index in [0.717, 1.165) is 28.0 Å². The lowest BCUT2D eigenvalue weighted by Crippen LogP contribution is -2.32. The molecule has 33 heavy (non-hydrogen) atoms. The van der Waals surface area contributed by atoms with Crippen molar-refractivity contribution in [3.8, 4) is 11.8 Å². The maximum Gasteiger partial charge on any atom is 0.273 e. The zero-order valence-corrected chi connectivity index (χ0v) is 18.4. The summed E-state index contributed by atoms with van der Waals surface area (Å²) in [4.78, 5) is 26.6. The molecule has 2 heterocycles. The highest BCUT2D eigenvalue weighted by Gasteiger charge is 2.21. The summed E-state index contributed by atoms with van der Waals surface area (Å²) in [6.07, 6.45) is 4.75. The Balaban J connectivity index is 2.10. The summed E-state index contributed by atoms with van der Waals surface area (Å²) in [5.41, 5.74) is 0.326. The predicted octanol–water partition coefficient (Wildman–Crippen LogP) is 2.61. The third-order valence-corrected chi connectivity index (χ3v) is 6.03. The van der Waals surface area contributed by atoms with Crippen LogP contribution in [0.4, 0.5) is 8.78 Å². The van der Waals surface area contributed by atoms with E-state index in [4.69, 9.17) is 0 Å². The van der Waals surface area contributed by atoms with Gasteiger partial charge in [-0.2, -0.15) is 10.4 Å². The van der Waals surface area contributed by atoms with Crippen molar-refractivity contribution < 1.29 is 13.6 Å². The molecule has 0 saturated carbocycles. The summed E-state index contributed by atoms with van der Waals surface area (Å²) in [5, 5.41) is 13.9. The van der Waals surface area contributed by atoms with Gasteiger partial charge in [0.2, 0.25) is 5.78 Å². The van der Waals surface area contributed by atoms with Crippen LogP contribution in [0.1, 0.15) is 21.5 Å². The lowest BCUT2D eigenvalue weighted by atomic mass is 10.0. The van der Waals surface area contributed by atoms with Crippen molar-refractivity contribution in [2.24, 2.45) is 7.05 Å². The van der Waals surface area contributed by atoms with E-state index in [2.05, 4.69) is 5.10 Å². The van der Waals surface area contributed by atoms with E-state index in [1.54, 1.807) is 49.1 Å². The molecule has 0 aliphatic carbocycles. The van der Waals surface area contributed by atoms with Crippen molar-refractivity contribution in [1.82, 2.24) is 14.3 Å². The van der Waals surface area contributed by atoms with Crippen LogP contribution in [0.3, 0.4) is 0 Å². The molecule has 0 amide bonds. The molecule has 164 valence electrons. The molecule has 0 radical (unpaired) electrons. The fourth-order valence-corrected chi connectivity index (χ4v) is 4.45. The maximum absolute atomic E-state index is 14.7. The number of aryl methyl sites for hydroxylation is 2. The van der Waals surface area contributed by atoms with E-state index in [1.807, 2.05) is 6.07 Å². The van der Waals surface area contributed by atoms with Crippen molar-refractivity contribution >= 4 is 28.8 Å². The second-order valence-electron chi connectivity index (χ2n) is 7.23. The van der Waals surface area contributed by atoms with Gasteiger partial charge < -0.3 is 0 Å². The number of nitrogens with zero attached hydrogens (tertiary/aromatic N) is 4. The fraction of sp³-hybridized carbons (Fsp3) is 0.0833. The van der Waals surface area contributed by atoms with Crippen LogP contribution in [0.2, 0.25) is 0 Å². The molecule has 4 rings (SSSR count). The SMILES string of the molecule is Cc1ccccc1C(=O)/C(C#N)=c1\s/c(=C\c2cnn(C)c2)c(=O)n1-c1ccc(F)cc1F. The Morgan fingerprint density at radius 3 is 2.61 bits per heavy atom. The number of aromatic nitrogens is 3. The van der Waals surface area contributed by atoms with Gasteiger partial charge in [0.25, 0.3) is 5.56 Å². The number of halogens is 2. The highest BCUT2D eigenvalue weighted by molar-refractivity contribution is 7.07. The van der Waals surface area contributed by atoms with Crippen molar-refractivity contribution in [2.75, 3.05) is 0 Å². The van der Waals surface area contributed by atoms with Crippen LogP contribution in [0, 0.1) is 29.9 Å². The van der Waals surface area contributed by atoms with E-state index in [9.17, 15) is 23.6 Å². The van der Waals surface area contributed by atoms with Crippen LogP contribution in [0.15, 0.2) is 59.7 Å². The standard InChI is InChI=1S/C24H16F2N4O2S/c1-14-5-3-4-6-17(14)22(31)18(11-27)24-30(20-8-7-16(25)10-19(20)26)23(32)21(33-24)9-15-12-28-29(2)13-15/h3-10,12-13H,1-2H3/b21-9-,24-18-. The average molecular weight is 462 g/mol. The minimum absolute atomic E-state index is 0.0450. The van der Waals surface area contributed by atoms with Gasteiger partial charge in [-0.1, -0.05) is 24.3 Å². The largest absolute Gasteiger partial charge is 0.288 e. The van der Waals surface area contributed by atoms with Gasteiger partial charge in [-0.05, 0) is 30.7 Å². The summed E-state index contributed by atoms with van der Waals surface area (Å²) in [7, 11) is 1.71. The molecule has 0 atom stereocenters. The summed E-state index contributed by atoms with van der Waals surface area (Å²) in [6.45, 7) is 1.73. The van der Waals surface area contributed by atoms with Crippen LogP contribution in [0.5, 0.6) is 0 Å². The summed E-state index contributed by atoms with van der Waals surface area (Å²) < 4.78 is 30.8. The van der Waals surface area contributed by atoms with Crippen LogP contribution < -0.4 is 14.8 Å². The molecular formula is C24H16F2N4O2S. The quantitative estimate of drug-likeness (QED) is 0.437. The Labute approximate surface area is 190 Å². The average Bonchev–Trinajstić information content (AvgIpc) is 3.32. The van der Waals surface area contributed by atoms with Gasteiger partial charge in [-0.15, -0.1) is 11.3 Å². The molecule has 0 saturated heterocycles. The smallest absolute Gasteiger partial charge is 0.273 e. The third-order valence-electron chi connectivity index (χ3n) is 4.94. The molecule has 0 aliphatic heterocycles.